The van der Waals surface area contributed by atoms with Crippen molar-refractivity contribution in [3.8, 4) is 56.4 Å². The van der Waals surface area contributed by atoms with Crippen molar-refractivity contribution in [2.24, 2.45) is 0 Å². The van der Waals surface area contributed by atoms with Crippen LogP contribution in [-0.4, -0.2) is 15.0 Å². The third-order valence-electron chi connectivity index (χ3n) is 10.7. The lowest BCUT2D eigenvalue weighted by atomic mass is 9.93. The van der Waals surface area contributed by atoms with Crippen LogP contribution in [0.15, 0.2) is 192 Å². The lowest BCUT2D eigenvalue weighted by Gasteiger charge is -2.12. The number of rotatable bonds is 5. The predicted molar refractivity (Wildman–Crippen MR) is 227 cm³/mol. The van der Waals surface area contributed by atoms with E-state index in [-0.39, 0.29) is 0 Å². The van der Waals surface area contributed by atoms with Gasteiger partial charge in [-0.2, -0.15) is 0 Å². The van der Waals surface area contributed by atoms with Gasteiger partial charge in [0.15, 0.2) is 17.5 Å². The lowest BCUT2D eigenvalue weighted by Crippen LogP contribution is -2.01. The smallest absolute Gasteiger partial charge is 0.164 e. The average Bonchev–Trinajstić information content (AvgIpc) is 3.65. The van der Waals surface area contributed by atoms with Crippen LogP contribution in [0, 0.1) is 0 Å². The molecular weight excluding hydrogens is 671 g/mol. The quantitative estimate of drug-likeness (QED) is 0.179. The highest BCUT2D eigenvalue weighted by molar-refractivity contribution is 6.22. The second-order valence-corrected chi connectivity index (χ2v) is 13.9. The minimum Gasteiger partial charge on any atom is -0.455 e. The highest BCUT2D eigenvalue weighted by Crippen LogP contribution is 2.43. The molecule has 0 N–H and O–H groups in total. The van der Waals surface area contributed by atoms with E-state index in [1.54, 1.807) is 0 Å². The minimum atomic E-state index is 0.612. The minimum absolute atomic E-state index is 0.612. The summed E-state index contributed by atoms with van der Waals surface area (Å²) in [7, 11) is 0. The number of furan rings is 1. The second-order valence-electron chi connectivity index (χ2n) is 13.9. The summed E-state index contributed by atoms with van der Waals surface area (Å²) in [5.41, 5.74) is 9.15. The Morgan fingerprint density at radius 3 is 1.55 bits per heavy atom. The number of fused-ring (bicyclic) bond motifs is 7. The van der Waals surface area contributed by atoms with Gasteiger partial charge in [-0.05, 0) is 61.3 Å². The van der Waals surface area contributed by atoms with Crippen LogP contribution in [0.3, 0.4) is 0 Å². The summed E-state index contributed by atoms with van der Waals surface area (Å²) in [6, 6.07) is 65.7. The van der Waals surface area contributed by atoms with Gasteiger partial charge < -0.3 is 4.42 Å². The summed E-state index contributed by atoms with van der Waals surface area (Å²) < 4.78 is 6.74. The summed E-state index contributed by atoms with van der Waals surface area (Å²) in [4.78, 5) is 15.5. The van der Waals surface area contributed by atoms with Gasteiger partial charge in [-0.15, -0.1) is 0 Å². The molecule has 55 heavy (non-hydrogen) atoms. The highest BCUT2D eigenvalue weighted by Gasteiger charge is 2.21. The molecular formula is C51H31N3O. The van der Waals surface area contributed by atoms with E-state index in [0.717, 1.165) is 71.3 Å². The molecule has 9 aromatic carbocycles. The Morgan fingerprint density at radius 1 is 0.309 bits per heavy atom. The third kappa shape index (κ3) is 5.19. The molecule has 0 unspecified atom stereocenters. The number of nitrogens with zero attached hydrogens (tertiary/aromatic N) is 3. The molecule has 2 aromatic heterocycles. The fraction of sp³-hybridized carbons (Fsp3) is 0. The van der Waals surface area contributed by atoms with Crippen molar-refractivity contribution in [3.05, 3.63) is 188 Å². The number of hydrogen-bond donors (Lipinski definition) is 0. The zero-order valence-electron chi connectivity index (χ0n) is 29.6. The first-order valence-corrected chi connectivity index (χ1v) is 18.5. The maximum atomic E-state index is 6.74. The van der Waals surface area contributed by atoms with Crippen molar-refractivity contribution in [2.45, 2.75) is 0 Å². The molecule has 0 saturated carbocycles. The van der Waals surface area contributed by atoms with Gasteiger partial charge in [-0.1, -0.05) is 176 Å². The van der Waals surface area contributed by atoms with E-state index in [1.807, 2.05) is 18.2 Å². The standard InChI is InChI=1S/C51H31N3O/c1-2-15-36(16-3-1)49-52-50(43-25-11-18-33-14-5-7-20-39(33)43)54-51(53-49)44-31-45-47-40(24-12-26-46(47)55-48(45)42-22-9-8-21-41(42)44)35-29-27-34(28-30-35)38-23-10-17-32-13-4-6-19-37(32)38/h1-31H. The van der Waals surface area contributed by atoms with Gasteiger partial charge in [0.05, 0.1) is 0 Å². The van der Waals surface area contributed by atoms with Crippen LogP contribution in [0.5, 0.6) is 0 Å². The van der Waals surface area contributed by atoms with E-state index in [2.05, 4.69) is 170 Å². The van der Waals surface area contributed by atoms with Crippen molar-refractivity contribution in [1.29, 1.82) is 0 Å². The molecule has 0 spiro atoms. The molecule has 0 atom stereocenters. The Kier molecular flexibility index (Phi) is 7.14. The summed E-state index contributed by atoms with van der Waals surface area (Å²) in [6.07, 6.45) is 0. The monoisotopic (exact) mass is 701 g/mol. The molecule has 11 rings (SSSR count). The molecule has 0 aliphatic rings. The Balaban J connectivity index is 1.13. The van der Waals surface area contributed by atoms with Gasteiger partial charge in [-0.3, -0.25) is 0 Å². The molecule has 4 nitrogen and oxygen atoms in total. The molecule has 4 heteroatoms. The second kappa shape index (κ2) is 12.6. The van der Waals surface area contributed by atoms with Crippen molar-refractivity contribution < 1.29 is 4.42 Å². The Labute approximate surface area is 317 Å². The topological polar surface area (TPSA) is 51.8 Å². The molecule has 256 valence electrons. The number of hydrogen-bond acceptors (Lipinski definition) is 4. The Morgan fingerprint density at radius 2 is 0.818 bits per heavy atom. The van der Waals surface area contributed by atoms with Crippen LogP contribution >= 0.6 is 0 Å². The molecule has 0 fully saturated rings. The fourth-order valence-corrected chi connectivity index (χ4v) is 8.13. The van der Waals surface area contributed by atoms with Crippen LogP contribution in [0.1, 0.15) is 0 Å². The van der Waals surface area contributed by atoms with Crippen LogP contribution < -0.4 is 0 Å². The van der Waals surface area contributed by atoms with Crippen molar-refractivity contribution in [2.75, 3.05) is 0 Å². The van der Waals surface area contributed by atoms with E-state index >= 15 is 0 Å². The van der Waals surface area contributed by atoms with Crippen molar-refractivity contribution in [1.82, 2.24) is 15.0 Å². The summed E-state index contributed by atoms with van der Waals surface area (Å²) in [5.74, 6) is 1.87. The Bertz CT molecular complexity index is 3250. The number of aromatic nitrogens is 3. The van der Waals surface area contributed by atoms with Gasteiger partial charge in [0.25, 0.3) is 0 Å². The molecule has 0 bridgehead atoms. The maximum Gasteiger partial charge on any atom is 0.164 e. The van der Waals surface area contributed by atoms with Crippen LogP contribution in [0.25, 0.3) is 111 Å². The highest BCUT2D eigenvalue weighted by atomic mass is 16.3. The summed E-state index contributed by atoms with van der Waals surface area (Å²) in [6.45, 7) is 0. The predicted octanol–water partition coefficient (Wildman–Crippen LogP) is 13.6. The first-order valence-electron chi connectivity index (χ1n) is 18.5. The molecule has 0 saturated heterocycles. The van der Waals surface area contributed by atoms with E-state index in [0.29, 0.717) is 17.5 Å². The molecule has 0 amide bonds. The first-order chi connectivity index (χ1) is 27.3. The molecule has 0 radical (unpaired) electrons. The van der Waals surface area contributed by atoms with E-state index in [4.69, 9.17) is 19.4 Å². The number of benzene rings is 9. The van der Waals surface area contributed by atoms with Crippen LogP contribution in [-0.2, 0) is 0 Å². The molecule has 0 aliphatic heterocycles. The van der Waals surface area contributed by atoms with Gasteiger partial charge in [-0.25, -0.2) is 15.0 Å². The largest absolute Gasteiger partial charge is 0.455 e. The third-order valence-corrected chi connectivity index (χ3v) is 10.7. The lowest BCUT2D eigenvalue weighted by molar-refractivity contribution is 0.673. The molecule has 11 aromatic rings. The van der Waals surface area contributed by atoms with Gasteiger partial charge in [0.1, 0.15) is 11.2 Å². The normalized spacial score (nSPS) is 11.6. The molecule has 0 aliphatic carbocycles. The zero-order chi connectivity index (χ0) is 36.3. The average molecular weight is 702 g/mol. The SMILES string of the molecule is c1ccc(-c2nc(-c3cccc4ccccc34)nc(-c3cc4c(oc5cccc(-c6ccc(-c7cccc8ccccc78)cc6)c54)c4ccccc34)n2)cc1. The zero-order valence-corrected chi connectivity index (χ0v) is 29.6. The van der Waals surface area contributed by atoms with E-state index < -0.39 is 0 Å². The van der Waals surface area contributed by atoms with Crippen LogP contribution in [0.2, 0.25) is 0 Å². The van der Waals surface area contributed by atoms with Crippen molar-refractivity contribution >= 4 is 54.3 Å². The fourth-order valence-electron chi connectivity index (χ4n) is 8.13. The van der Waals surface area contributed by atoms with Crippen molar-refractivity contribution in [3.63, 3.8) is 0 Å². The Hall–Kier alpha value is -7.43. The van der Waals surface area contributed by atoms with Gasteiger partial charge >= 0.3 is 0 Å². The van der Waals surface area contributed by atoms with Crippen LogP contribution in [0.4, 0.5) is 0 Å². The van der Waals surface area contributed by atoms with E-state index in [1.165, 1.54) is 21.9 Å². The van der Waals surface area contributed by atoms with Gasteiger partial charge in [0, 0.05) is 32.8 Å². The summed E-state index contributed by atoms with van der Waals surface area (Å²) in [5, 5.41) is 8.83. The van der Waals surface area contributed by atoms with E-state index in [9.17, 15) is 0 Å². The molecule has 2 heterocycles. The maximum absolute atomic E-state index is 6.74. The van der Waals surface area contributed by atoms with Gasteiger partial charge in [0.2, 0.25) is 0 Å². The summed E-state index contributed by atoms with van der Waals surface area (Å²) >= 11 is 0. The first kappa shape index (κ1) is 31.1.